The molecule has 0 radical (unpaired) electrons. The number of nitrogens with one attached hydrogen (secondary N) is 1. The molecule has 0 saturated carbocycles. The minimum Gasteiger partial charge on any atom is -0.495 e. The van der Waals surface area contributed by atoms with Gasteiger partial charge in [0.05, 0.1) is 25.9 Å². The average Bonchev–Trinajstić information content (AvgIpc) is 2.77. The normalized spacial score (nSPS) is 10.6. The first-order valence-electron chi connectivity index (χ1n) is 10.7. The summed E-state index contributed by atoms with van der Waals surface area (Å²) in [6, 6.07) is 16.7. The molecular weight excluding hydrogens is 408 g/mol. The van der Waals surface area contributed by atoms with Gasteiger partial charge in [-0.1, -0.05) is 49.4 Å². The van der Waals surface area contributed by atoms with Crippen molar-refractivity contribution in [3.63, 3.8) is 0 Å². The SMILES string of the molecule is CCCN(CC(=O)Nc1ccccc1OC)CC(=O)N(CCC(N)=O)Cc1ccccc1. The summed E-state index contributed by atoms with van der Waals surface area (Å²) in [6.07, 6.45) is 0.871. The standard InChI is InChI=1S/C24H32N4O4/c1-3-14-27(17-23(30)26-20-11-7-8-12-21(20)32-2)18-24(31)28(15-13-22(25)29)16-19-9-5-4-6-10-19/h4-12H,3,13-18H2,1-2H3,(H2,25,29)(H,26,30). The van der Waals surface area contributed by atoms with Crippen LogP contribution >= 0.6 is 0 Å². The van der Waals surface area contributed by atoms with Crippen molar-refractivity contribution in [3.8, 4) is 5.75 Å². The van der Waals surface area contributed by atoms with Gasteiger partial charge in [-0.05, 0) is 30.7 Å². The molecule has 0 aliphatic carbocycles. The summed E-state index contributed by atoms with van der Waals surface area (Å²) in [7, 11) is 1.54. The number of carbonyl (C=O) groups excluding carboxylic acids is 3. The van der Waals surface area contributed by atoms with Crippen LogP contribution in [-0.2, 0) is 20.9 Å². The second kappa shape index (κ2) is 13.1. The van der Waals surface area contributed by atoms with E-state index < -0.39 is 5.91 Å². The molecule has 3 amide bonds. The number of primary amides is 1. The second-order valence-electron chi connectivity index (χ2n) is 7.48. The average molecular weight is 441 g/mol. The number of nitrogens with zero attached hydrogens (tertiary/aromatic N) is 2. The van der Waals surface area contributed by atoms with Crippen molar-refractivity contribution in [1.29, 1.82) is 0 Å². The summed E-state index contributed by atoms with van der Waals surface area (Å²) in [5.74, 6) is -0.284. The van der Waals surface area contributed by atoms with E-state index in [-0.39, 0.29) is 37.9 Å². The number of anilines is 1. The molecule has 8 heteroatoms. The van der Waals surface area contributed by atoms with E-state index in [1.807, 2.05) is 49.4 Å². The summed E-state index contributed by atoms with van der Waals surface area (Å²) in [4.78, 5) is 40.4. The fourth-order valence-electron chi connectivity index (χ4n) is 3.30. The van der Waals surface area contributed by atoms with Gasteiger partial charge in [-0.3, -0.25) is 19.3 Å². The molecule has 32 heavy (non-hydrogen) atoms. The van der Waals surface area contributed by atoms with Crippen molar-refractivity contribution in [1.82, 2.24) is 9.80 Å². The Labute approximate surface area is 189 Å². The van der Waals surface area contributed by atoms with Gasteiger partial charge in [-0.25, -0.2) is 0 Å². The van der Waals surface area contributed by atoms with Gasteiger partial charge >= 0.3 is 0 Å². The molecule has 0 aliphatic heterocycles. The number of amides is 3. The number of ether oxygens (including phenoxy) is 1. The molecule has 8 nitrogen and oxygen atoms in total. The smallest absolute Gasteiger partial charge is 0.238 e. The van der Waals surface area contributed by atoms with Gasteiger partial charge in [-0.15, -0.1) is 0 Å². The van der Waals surface area contributed by atoms with Crippen LogP contribution in [0.5, 0.6) is 5.75 Å². The zero-order valence-electron chi connectivity index (χ0n) is 18.8. The van der Waals surface area contributed by atoms with E-state index in [0.717, 1.165) is 12.0 Å². The zero-order valence-corrected chi connectivity index (χ0v) is 18.8. The molecule has 172 valence electrons. The molecule has 3 N–H and O–H groups in total. The molecule has 0 aliphatic rings. The van der Waals surface area contributed by atoms with Crippen molar-refractivity contribution < 1.29 is 19.1 Å². The van der Waals surface area contributed by atoms with Crippen LogP contribution in [0.3, 0.4) is 0 Å². The third-order valence-electron chi connectivity index (χ3n) is 4.84. The number of rotatable bonds is 13. The Hall–Kier alpha value is -3.39. The number of benzene rings is 2. The Morgan fingerprint density at radius 2 is 1.66 bits per heavy atom. The summed E-state index contributed by atoms with van der Waals surface area (Å²) in [5, 5.41) is 2.84. The van der Waals surface area contributed by atoms with Crippen LogP contribution in [-0.4, -0.2) is 60.8 Å². The first-order chi connectivity index (χ1) is 15.4. The highest BCUT2D eigenvalue weighted by atomic mass is 16.5. The van der Waals surface area contributed by atoms with Gasteiger partial charge in [0.1, 0.15) is 5.75 Å². The van der Waals surface area contributed by atoms with Gasteiger partial charge in [0.15, 0.2) is 0 Å². The predicted molar refractivity (Wildman–Crippen MR) is 124 cm³/mol. The van der Waals surface area contributed by atoms with Crippen LogP contribution in [0, 0.1) is 0 Å². The number of hydrogen-bond donors (Lipinski definition) is 2. The third-order valence-corrected chi connectivity index (χ3v) is 4.84. The lowest BCUT2D eigenvalue weighted by atomic mass is 10.2. The molecule has 0 unspecified atom stereocenters. The minimum atomic E-state index is -0.461. The fraction of sp³-hybridized carbons (Fsp3) is 0.375. The van der Waals surface area contributed by atoms with E-state index in [1.54, 1.807) is 29.0 Å². The summed E-state index contributed by atoms with van der Waals surface area (Å²) in [5.41, 5.74) is 6.83. The van der Waals surface area contributed by atoms with Gasteiger partial charge in [-0.2, -0.15) is 0 Å². The van der Waals surface area contributed by atoms with Gasteiger partial charge in [0.2, 0.25) is 17.7 Å². The number of hydrogen-bond acceptors (Lipinski definition) is 5. The maximum Gasteiger partial charge on any atom is 0.238 e. The van der Waals surface area contributed by atoms with Gasteiger partial charge < -0.3 is 20.7 Å². The van der Waals surface area contributed by atoms with Crippen LogP contribution in [0.4, 0.5) is 5.69 Å². The Bertz CT molecular complexity index is 889. The molecule has 2 rings (SSSR count). The third kappa shape index (κ3) is 8.39. The van der Waals surface area contributed by atoms with Crippen LogP contribution in [0.2, 0.25) is 0 Å². The molecule has 2 aromatic rings. The van der Waals surface area contributed by atoms with E-state index in [9.17, 15) is 14.4 Å². The van der Waals surface area contributed by atoms with Crippen LogP contribution in [0.25, 0.3) is 0 Å². The van der Waals surface area contributed by atoms with E-state index >= 15 is 0 Å². The number of nitrogens with two attached hydrogens (primary N) is 1. The Kier molecular flexibility index (Phi) is 10.2. The first-order valence-corrected chi connectivity index (χ1v) is 10.7. The van der Waals surface area contributed by atoms with Crippen LogP contribution in [0.1, 0.15) is 25.3 Å². The van der Waals surface area contributed by atoms with Gasteiger partial charge in [0, 0.05) is 19.5 Å². The van der Waals surface area contributed by atoms with E-state index in [1.165, 1.54) is 0 Å². The van der Waals surface area contributed by atoms with E-state index in [4.69, 9.17) is 10.5 Å². The van der Waals surface area contributed by atoms with Crippen molar-refractivity contribution in [3.05, 3.63) is 60.2 Å². The van der Waals surface area contributed by atoms with Crippen LogP contribution in [0.15, 0.2) is 54.6 Å². The Balaban J connectivity index is 2.04. The predicted octanol–water partition coefficient (Wildman–Crippen LogP) is 2.25. The molecule has 0 heterocycles. The summed E-state index contributed by atoms with van der Waals surface area (Å²) >= 11 is 0. The number of carbonyl (C=O) groups is 3. The lowest BCUT2D eigenvalue weighted by Crippen LogP contribution is -2.44. The van der Waals surface area contributed by atoms with Crippen LogP contribution < -0.4 is 15.8 Å². The topological polar surface area (TPSA) is 105 Å². The summed E-state index contributed by atoms with van der Waals surface area (Å²) in [6.45, 7) is 3.31. The quantitative estimate of drug-likeness (QED) is 0.497. The van der Waals surface area contributed by atoms with Crippen molar-refractivity contribution in [2.45, 2.75) is 26.3 Å². The molecule has 0 atom stereocenters. The molecule has 0 fully saturated rings. The largest absolute Gasteiger partial charge is 0.495 e. The van der Waals surface area contributed by atoms with Gasteiger partial charge in [0.25, 0.3) is 0 Å². The zero-order chi connectivity index (χ0) is 23.3. The highest BCUT2D eigenvalue weighted by Crippen LogP contribution is 2.22. The van der Waals surface area contributed by atoms with Crippen molar-refractivity contribution in [2.24, 2.45) is 5.73 Å². The molecule has 0 aromatic heterocycles. The molecule has 0 bridgehead atoms. The van der Waals surface area contributed by atoms with E-state index in [2.05, 4.69) is 5.32 Å². The summed E-state index contributed by atoms with van der Waals surface area (Å²) < 4.78 is 5.27. The molecule has 0 saturated heterocycles. The Morgan fingerprint density at radius 3 is 2.31 bits per heavy atom. The highest BCUT2D eigenvalue weighted by Gasteiger charge is 2.20. The monoisotopic (exact) mass is 440 g/mol. The maximum absolute atomic E-state index is 13.1. The lowest BCUT2D eigenvalue weighted by Gasteiger charge is -2.27. The van der Waals surface area contributed by atoms with Crippen molar-refractivity contribution >= 4 is 23.4 Å². The number of methoxy groups -OCH3 is 1. The molecular formula is C24H32N4O4. The fourth-order valence-corrected chi connectivity index (χ4v) is 3.30. The lowest BCUT2D eigenvalue weighted by molar-refractivity contribution is -0.133. The first kappa shape index (κ1) is 24.9. The molecule has 0 spiro atoms. The van der Waals surface area contributed by atoms with Crippen molar-refractivity contribution in [2.75, 3.05) is 38.6 Å². The maximum atomic E-state index is 13.1. The highest BCUT2D eigenvalue weighted by molar-refractivity contribution is 5.94. The second-order valence-corrected chi connectivity index (χ2v) is 7.48. The molecule has 2 aromatic carbocycles. The Morgan fingerprint density at radius 1 is 0.969 bits per heavy atom. The number of para-hydroxylation sites is 2. The van der Waals surface area contributed by atoms with E-state index in [0.29, 0.717) is 24.5 Å². The minimum absolute atomic E-state index is 0.0621.